The number of alkyl halides is 1. The van der Waals surface area contributed by atoms with Crippen molar-refractivity contribution in [3.05, 3.63) is 0 Å². The van der Waals surface area contributed by atoms with E-state index in [9.17, 15) is 0 Å². The molecule has 0 aromatic heterocycles. The largest absolute Gasteiger partial charge is 0.171 e. The van der Waals surface area contributed by atoms with Crippen LogP contribution >= 0.6 is 47.8 Å². The summed E-state index contributed by atoms with van der Waals surface area (Å²) in [4.78, 5) is 0. The summed E-state index contributed by atoms with van der Waals surface area (Å²) in [6.45, 7) is 0. The van der Waals surface area contributed by atoms with Gasteiger partial charge in [0.1, 0.15) is 15.7 Å². The van der Waals surface area contributed by atoms with Crippen LogP contribution in [0.15, 0.2) is 0 Å². The lowest BCUT2D eigenvalue weighted by Gasteiger charge is -3.05. The number of halogens is 1. The van der Waals surface area contributed by atoms with E-state index in [0.29, 0.717) is 14.8 Å². The first kappa shape index (κ1) is 17.1. The molecule has 160 valence electrons. The molecule has 22 atom stereocenters. The SMILES string of the molecule is BC12C3C4CCC4C3C1C1C3C4C5C6C(C5C4(I)C3C12)C1(B)C6C2C3CCC3(S)C21S. The van der Waals surface area contributed by atoms with Crippen LogP contribution in [0.5, 0.6) is 0 Å². The molecule has 0 radical (unpaired) electrons. The normalized spacial score (nSPS) is 93.7. The average molecular weight is 556 g/mol. The maximum absolute atomic E-state index is 5.55. The molecule has 12 saturated carbocycles. The first-order valence-corrected chi connectivity index (χ1v) is 15.9. The Morgan fingerprint density at radius 2 is 1.29 bits per heavy atom. The van der Waals surface area contributed by atoms with Crippen LogP contribution in [0.2, 0.25) is 10.6 Å². The van der Waals surface area contributed by atoms with Gasteiger partial charge in [0.2, 0.25) is 0 Å². The van der Waals surface area contributed by atoms with Gasteiger partial charge in [-0.2, -0.15) is 25.3 Å². The summed E-state index contributed by atoms with van der Waals surface area (Å²) in [5, 5.41) is 1.36. The van der Waals surface area contributed by atoms with Crippen LogP contribution in [0.4, 0.5) is 0 Å². The quantitative estimate of drug-likeness (QED) is 0.148. The predicted molar refractivity (Wildman–Crippen MR) is 140 cm³/mol. The first-order chi connectivity index (χ1) is 14.8. The van der Waals surface area contributed by atoms with Crippen molar-refractivity contribution in [2.24, 2.45) is 101 Å². The summed E-state index contributed by atoms with van der Waals surface area (Å²) in [6.07, 6.45) is 6.03. The van der Waals surface area contributed by atoms with Crippen LogP contribution in [-0.2, 0) is 0 Å². The van der Waals surface area contributed by atoms with E-state index in [-0.39, 0.29) is 0 Å². The van der Waals surface area contributed by atoms with Gasteiger partial charge in [0.25, 0.3) is 0 Å². The van der Waals surface area contributed by atoms with Gasteiger partial charge in [-0.1, -0.05) is 22.6 Å². The van der Waals surface area contributed by atoms with Crippen LogP contribution in [0.1, 0.15) is 25.7 Å². The zero-order valence-corrected chi connectivity index (χ0v) is 22.4. The van der Waals surface area contributed by atoms with E-state index in [0.717, 1.165) is 67.9 Å². The summed E-state index contributed by atoms with van der Waals surface area (Å²) >= 11 is 14.0. The summed E-state index contributed by atoms with van der Waals surface area (Å²) in [5.41, 5.74) is 0. The van der Waals surface area contributed by atoms with Gasteiger partial charge in [-0.05, 0) is 137 Å². The Bertz CT molecular complexity index is 1120. The lowest BCUT2D eigenvalue weighted by molar-refractivity contribution is -0.484. The maximum atomic E-state index is 5.55. The second-order valence-corrected chi connectivity index (χ2v) is 19.2. The minimum absolute atomic E-state index is 0.298. The molecule has 0 aromatic carbocycles. The smallest absolute Gasteiger partial charge is 0.112 e. The maximum Gasteiger partial charge on any atom is 0.112 e. The molecule has 5 heteroatoms. The highest BCUT2D eigenvalue weighted by atomic mass is 127. The number of hydrogen-bond acceptors (Lipinski definition) is 2. The van der Waals surface area contributed by atoms with Gasteiger partial charge in [0, 0.05) is 12.9 Å². The lowest BCUT2D eigenvalue weighted by atomic mass is 9.00. The molecule has 0 aliphatic heterocycles. The summed E-state index contributed by atoms with van der Waals surface area (Å²) in [5.74, 6) is 19.3. The highest BCUT2D eigenvalue weighted by molar-refractivity contribution is 14.1. The second kappa shape index (κ2) is 3.93. The van der Waals surface area contributed by atoms with E-state index in [1.807, 2.05) is 0 Å². The third kappa shape index (κ3) is 0.994. The molecule has 31 heavy (non-hydrogen) atoms. The average Bonchev–Trinajstić information content (AvgIpc) is 2.69. The van der Waals surface area contributed by atoms with Crippen LogP contribution in [0.25, 0.3) is 0 Å². The molecule has 22 unspecified atom stereocenters. The van der Waals surface area contributed by atoms with Crippen molar-refractivity contribution in [1.29, 1.82) is 0 Å². The lowest BCUT2D eigenvalue weighted by Crippen LogP contribution is -3.03. The van der Waals surface area contributed by atoms with Crippen molar-refractivity contribution < 1.29 is 0 Å². The van der Waals surface area contributed by atoms with E-state index in [4.69, 9.17) is 25.3 Å². The monoisotopic (exact) mass is 556 g/mol. The van der Waals surface area contributed by atoms with E-state index < -0.39 is 0 Å². The zero-order chi connectivity index (χ0) is 20.1. The fourth-order valence-electron chi connectivity index (χ4n) is 17.1. The molecule has 0 nitrogen and oxygen atoms in total. The van der Waals surface area contributed by atoms with Crippen LogP contribution in [0, 0.1) is 101 Å². The van der Waals surface area contributed by atoms with Crippen molar-refractivity contribution in [3.63, 3.8) is 0 Å². The van der Waals surface area contributed by atoms with Crippen LogP contribution < -0.4 is 0 Å². The second-order valence-electron chi connectivity index (χ2n) is 15.8. The molecule has 12 fully saturated rings. The fraction of sp³-hybridized carbons (Fsp3) is 1.00. The highest BCUT2D eigenvalue weighted by Crippen LogP contribution is 3.06. The minimum atomic E-state index is 0.298. The fourth-order valence-corrected chi connectivity index (χ4v) is 21.3. The molecule has 12 aliphatic rings. The third-order valence-corrected chi connectivity index (χ3v) is 21.9. The summed E-state index contributed by atoms with van der Waals surface area (Å²) < 4.78 is 1.34. The standard InChI is InChI=1S/C26H31B2IS2/c27-23-13-6-2-1-5(6)8(13)15(23)9-10-16-11-12-20-14-7-3-4-22(7,30)26(14,31)25(20,28)21(12)19(11)24(16,29)18(10)17(9)23/h5-21,30-31H,1-4,27-28H2. The van der Waals surface area contributed by atoms with Gasteiger partial charge >= 0.3 is 0 Å². The Morgan fingerprint density at radius 1 is 0.645 bits per heavy atom. The Morgan fingerprint density at radius 3 is 1.97 bits per heavy atom. The van der Waals surface area contributed by atoms with E-state index in [2.05, 4.69) is 38.3 Å². The molecule has 0 heterocycles. The van der Waals surface area contributed by atoms with Gasteiger partial charge in [-0.25, -0.2) is 0 Å². The Kier molecular flexibility index (Phi) is 2.17. The highest BCUT2D eigenvalue weighted by Gasteiger charge is 3.03. The number of fused-ring (bicyclic) bond motifs is 31. The summed E-state index contributed by atoms with van der Waals surface area (Å²) in [6, 6.07) is 0. The van der Waals surface area contributed by atoms with Gasteiger partial charge < -0.3 is 0 Å². The predicted octanol–water partition coefficient (Wildman–Crippen LogP) is 3.28. The molecule has 0 spiro atoms. The van der Waals surface area contributed by atoms with Gasteiger partial charge in [0.05, 0.1) is 0 Å². The number of rotatable bonds is 0. The minimum Gasteiger partial charge on any atom is -0.171 e. The molecule has 0 N–H and O–H groups in total. The molecular formula is C26H31B2IS2. The van der Waals surface area contributed by atoms with Crippen molar-refractivity contribution in [1.82, 2.24) is 0 Å². The summed E-state index contributed by atoms with van der Waals surface area (Å²) in [7, 11) is 5.51. The van der Waals surface area contributed by atoms with E-state index in [1.165, 1.54) is 54.3 Å². The number of thiol groups is 2. The zero-order valence-electron chi connectivity index (χ0n) is 18.4. The van der Waals surface area contributed by atoms with Crippen molar-refractivity contribution in [3.8, 4) is 0 Å². The van der Waals surface area contributed by atoms with Gasteiger partial charge in [0.15, 0.2) is 0 Å². The molecule has 12 rings (SSSR count). The molecule has 0 bridgehead atoms. The molecule has 0 aromatic rings. The van der Waals surface area contributed by atoms with Crippen LogP contribution in [0.3, 0.4) is 0 Å². The van der Waals surface area contributed by atoms with Crippen molar-refractivity contribution in [2.75, 3.05) is 0 Å². The topological polar surface area (TPSA) is 0 Å². The number of hydrogen-bond donors (Lipinski definition) is 2. The van der Waals surface area contributed by atoms with Crippen molar-refractivity contribution in [2.45, 2.75) is 49.2 Å². The van der Waals surface area contributed by atoms with Gasteiger partial charge in [-0.15, -0.1) is 0 Å². The molecule has 12 aliphatic carbocycles. The Labute approximate surface area is 212 Å². The third-order valence-electron chi connectivity index (χ3n) is 17.5. The molecule has 0 amide bonds. The Hall–Kier alpha value is 1.56. The van der Waals surface area contributed by atoms with E-state index >= 15 is 0 Å². The van der Waals surface area contributed by atoms with Crippen molar-refractivity contribution >= 4 is 63.5 Å². The van der Waals surface area contributed by atoms with Gasteiger partial charge in [-0.3, -0.25) is 0 Å². The van der Waals surface area contributed by atoms with Crippen LogP contribution in [-0.4, -0.2) is 28.6 Å². The van der Waals surface area contributed by atoms with E-state index in [1.54, 1.807) is 12.8 Å². The molecule has 0 saturated heterocycles. The first-order valence-electron chi connectivity index (χ1n) is 13.9. The molecular weight excluding hydrogens is 525 g/mol. The Balaban J connectivity index is 0.927.